The summed E-state index contributed by atoms with van der Waals surface area (Å²) >= 11 is 10.7. The van der Waals surface area contributed by atoms with Gasteiger partial charge in [-0.15, -0.1) is 0 Å². The molecule has 0 nitrogen and oxygen atoms in total. The summed E-state index contributed by atoms with van der Waals surface area (Å²) in [6, 6.07) is 0. The highest BCUT2D eigenvalue weighted by Gasteiger charge is 2.25. The molecule has 0 aromatic carbocycles. The van der Waals surface area contributed by atoms with Gasteiger partial charge < -0.3 is 0 Å². The van der Waals surface area contributed by atoms with Gasteiger partial charge in [0.2, 0.25) is 0 Å². The van der Waals surface area contributed by atoms with Crippen molar-refractivity contribution in [3.63, 3.8) is 0 Å². The van der Waals surface area contributed by atoms with Crippen molar-refractivity contribution in [1.29, 1.82) is 0 Å². The Kier molecular flexibility index (Phi) is 5.39. The van der Waals surface area contributed by atoms with Crippen LogP contribution in [-0.4, -0.2) is 16.3 Å². The second-order valence-corrected chi connectivity index (χ2v) is 14.3. The molecule has 0 spiro atoms. The molecule has 1 atom stereocenters. The van der Waals surface area contributed by atoms with E-state index in [9.17, 15) is 0 Å². The molecule has 0 bridgehead atoms. The fourth-order valence-corrected chi connectivity index (χ4v) is 4.27. The van der Waals surface area contributed by atoms with Gasteiger partial charge in [-0.1, -0.05) is 67.4 Å². The maximum atomic E-state index is 3.70. The molecule has 4 heteroatoms. The molecule has 0 radical (unpaired) electrons. The van der Waals surface area contributed by atoms with Crippen molar-refractivity contribution in [2.45, 2.75) is 34.2 Å². The lowest BCUT2D eigenvalue weighted by Gasteiger charge is -2.23. The summed E-state index contributed by atoms with van der Waals surface area (Å²) < 4.78 is 1.15. The molecule has 0 saturated carbocycles. The Morgan fingerprint density at radius 1 is 1.10 bits per heavy atom. The standard InChI is InChI=1S/C6H13Br3Si/c1-10(2,3)6(9)4-5(7)8/h5-6H,4H2,1-3H3. The van der Waals surface area contributed by atoms with E-state index in [0.717, 1.165) is 6.42 Å². The van der Waals surface area contributed by atoms with Crippen LogP contribution in [0.15, 0.2) is 0 Å². The van der Waals surface area contributed by atoms with Gasteiger partial charge in [0.15, 0.2) is 0 Å². The molecular weight excluding hydrogens is 340 g/mol. The van der Waals surface area contributed by atoms with Crippen LogP contribution in [0.4, 0.5) is 0 Å². The topological polar surface area (TPSA) is 0 Å². The van der Waals surface area contributed by atoms with E-state index in [0.29, 0.717) is 8.19 Å². The zero-order valence-corrected chi connectivity index (χ0v) is 12.3. The van der Waals surface area contributed by atoms with E-state index in [-0.39, 0.29) is 0 Å². The molecule has 1 unspecified atom stereocenters. The van der Waals surface area contributed by atoms with Crippen LogP contribution in [0.3, 0.4) is 0 Å². The van der Waals surface area contributed by atoms with Gasteiger partial charge in [0.25, 0.3) is 0 Å². The highest BCUT2D eigenvalue weighted by molar-refractivity contribution is 9.24. The van der Waals surface area contributed by atoms with E-state index in [1.54, 1.807) is 0 Å². The Morgan fingerprint density at radius 2 is 1.50 bits per heavy atom. The van der Waals surface area contributed by atoms with Crippen LogP contribution < -0.4 is 0 Å². The summed E-state index contributed by atoms with van der Waals surface area (Å²) in [4.78, 5) is 0. The van der Waals surface area contributed by atoms with E-state index >= 15 is 0 Å². The second kappa shape index (κ2) is 4.63. The van der Waals surface area contributed by atoms with Crippen LogP contribution in [0.2, 0.25) is 19.6 Å². The molecule has 0 fully saturated rings. The van der Waals surface area contributed by atoms with Crippen molar-refractivity contribution in [2.75, 3.05) is 0 Å². The highest BCUT2D eigenvalue weighted by atomic mass is 79.9. The van der Waals surface area contributed by atoms with Crippen LogP contribution in [0.1, 0.15) is 6.42 Å². The SMILES string of the molecule is C[Si](C)(C)C(Br)CC(Br)Br. The molecule has 0 saturated heterocycles. The predicted molar refractivity (Wildman–Crippen MR) is 62.3 cm³/mol. The minimum Gasteiger partial charge on any atom is -0.0924 e. The van der Waals surface area contributed by atoms with Gasteiger partial charge in [-0.25, -0.2) is 0 Å². The maximum absolute atomic E-state index is 3.70. The minimum absolute atomic E-state index is 0.455. The Labute approximate surface area is 89.5 Å². The summed E-state index contributed by atoms with van der Waals surface area (Å²) in [5.74, 6) is 0. The van der Waals surface area contributed by atoms with Crippen LogP contribution in [-0.2, 0) is 0 Å². The summed E-state index contributed by atoms with van der Waals surface area (Å²) in [6.07, 6.45) is 1.16. The molecule has 0 heterocycles. The summed E-state index contributed by atoms with van der Waals surface area (Å²) in [5.41, 5.74) is 0. The van der Waals surface area contributed by atoms with E-state index in [1.165, 1.54) is 0 Å². The highest BCUT2D eigenvalue weighted by Crippen LogP contribution is 2.26. The predicted octanol–water partition coefficient (Wildman–Crippen LogP) is 4.13. The van der Waals surface area contributed by atoms with E-state index in [2.05, 4.69) is 67.4 Å². The lowest BCUT2D eigenvalue weighted by molar-refractivity contribution is 1.02. The summed E-state index contributed by atoms with van der Waals surface area (Å²) in [7, 11) is -0.967. The first kappa shape index (κ1) is 11.7. The summed E-state index contributed by atoms with van der Waals surface area (Å²) in [5, 5.41) is 0. The van der Waals surface area contributed by atoms with Crippen molar-refractivity contribution in [3.8, 4) is 0 Å². The maximum Gasteiger partial charge on any atom is 0.0705 e. The number of halogens is 3. The average Bonchev–Trinajstić information content (AvgIpc) is 1.60. The number of rotatable bonds is 3. The monoisotopic (exact) mass is 350 g/mol. The van der Waals surface area contributed by atoms with Crippen molar-refractivity contribution in [2.24, 2.45) is 0 Å². The number of alkyl halides is 3. The van der Waals surface area contributed by atoms with Crippen molar-refractivity contribution in [1.82, 2.24) is 0 Å². The summed E-state index contributed by atoms with van der Waals surface area (Å²) in [6.45, 7) is 7.11. The van der Waals surface area contributed by atoms with Gasteiger partial charge >= 0.3 is 0 Å². The smallest absolute Gasteiger partial charge is 0.0705 e. The lowest BCUT2D eigenvalue weighted by atomic mass is 10.6. The van der Waals surface area contributed by atoms with Gasteiger partial charge in [0.1, 0.15) is 0 Å². The fraction of sp³-hybridized carbons (Fsp3) is 1.00. The minimum atomic E-state index is -0.967. The molecule has 0 rings (SSSR count). The normalized spacial score (nSPS) is 15.9. The Hall–Kier alpha value is 1.66. The van der Waals surface area contributed by atoms with E-state index in [4.69, 9.17) is 0 Å². The van der Waals surface area contributed by atoms with Gasteiger partial charge in [-0.3, -0.25) is 0 Å². The molecule has 0 N–H and O–H groups in total. The molecule has 0 aromatic rings. The van der Waals surface area contributed by atoms with Gasteiger partial charge in [0.05, 0.1) is 11.8 Å². The molecule has 0 aliphatic carbocycles. The van der Waals surface area contributed by atoms with Crippen LogP contribution in [0.25, 0.3) is 0 Å². The molecule has 0 aliphatic rings. The first-order valence-electron chi connectivity index (χ1n) is 3.26. The van der Waals surface area contributed by atoms with Gasteiger partial charge in [-0.05, 0) is 6.42 Å². The first-order valence-corrected chi connectivity index (χ1v) is 9.58. The first-order chi connectivity index (χ1) is 4.34. The zero-order chi connectivity index (χ0) is 8.36. The van der Waals surface area contributed by atoms with Gasteiger partial charge in [-0.2, -0.15) is 0 Å². The van der Waals surface area contributed by atoms with Crippen molar-refractivity contribution >= 4 is 55.9 Å². The lowest BCUT2D eigenvalue weighted by Crippen LogP contribution is -2.34. The molecule has 62 valence electrons. The quantitative estimate of drug-likeness (QED) is 0.529. The third-order valence-corrected chi connectivity index (χ3v) is 8.68. The van der Waals surface area contributed by atoms with Crippen LogP contribution >= 0.6 is 47.8 Å². The average molecular weight is 353 g/mol. The largest absolute Gasteiger partial charge is 0.0924 e. The number of hydrogen-bond donors (Lipinski definition) is 0. The molecule has 10 heavy (non-hydrogen) atoms. The third-order valence-electron chi connectivity index (χ3n) is 1.32. The molecular formula is C6H13Br3Si. The third kappa shape index (κ3) is 5.33. The zero-order valence-electron chi connectivity index (χ0n) is 6.50. The Bertz CT molecular complexity index is 97.7. The van der Waals surface area contributed by atoms with Crippen LogP contribution in [0.5, 0.6) is 0 Å². The Balaban J connectivity index is 3.73. The molecule has 0 aromatic heterocycles. The molecule has 0 aliphatic heterocycles. The van der Waals surface area contributed by atoms with Crippen LogP contribution in [0, 0.1) is 0 Å². The van der Waals surface area contributed by atoms with Crippen molar-refractivity contribution < 1.29 is 0 Å². The second-order valence-electron chi connectivity index (χ2n) is 3.46. The number of hydrogen-bond acceptors (Lipinski definition) is 0. The Morgan fingerprint density at radius 3 is 1.60 bits per heavy atom. The van der Waals surface area contributed by atoms with Gasteiger partial charge in [0, 0.05) is 4.45 Å². The van der Waals surface area contributed by atoms with E-state index < -0.39 is 8.07 Å². The van der Waals surface area contributed by atoms with Crippen molar-refractivity contribution in [3.05, 3.63) is 0 Å². The fourth-order valence-electron chi connectivity index (χ4n) is 0.510. The molecule has 0 amide bonds. The van der Waals surface area contributed by atoms with E-state index in [1.807, 2.05) is 0 Å².